The molecule has 0 atom stereocenters. The lowest BCUT2D eigenvalue weighted by atomic mass is 10.2. The zero-order chi connectivity index (χ0) is 13.1. The van der Waals surface area contributed by atoms with Gasteiger partial charge in [-0.1, -0.05) is 6.07 Å². The minimum absolute atomic E-state index is 0.152. The summed E-state index contributed by atoms with van der Waals surface area (Å²) in [5.41, 5.74) is 8.10. The molecule has 0 aliphatic carbocycles. The number of aryl methyl sites for hydroxylation is 2. The van der Waals surface area contributed by atoms with E-state index >= 15 is 0 Å². The van der Waals surface area contributed by atoms with Crippen molar-refractivity contribution in [1.82, 2.24) is 15.0 Å². The van der Waals surface area contributed by atoms with Crippen LogP contribution in [0.2, 0.25) is 0 Å². The van der Waals surface area contributed by atoms with Gasteiger partial charge in [0, 0.05) is 24.5 Å². The molecule has 6 heteroatoms. The Hall–Kier alpha value is -1.66. The number of H-pyrrole nitrogens is 1. The first-order valence-electron chi connectivity index (χ1n) is 5.50. The zero-order valence-electron chi connectivity index (χ0n) is 10.2. The summed E-state index contributed by atoms with van der Waals surface area (Å²) in [6.45, 7) is 4.22. The number of nitrogens with one attached hydrogen (secondary N) is 1. The minimum atomic E-state index is -0.152. The second-order valence-electron chi connectivity index (χ2n) is 3.96. The normalized spacial score (nSPS) is 10.6. The van der Waals surface area contributed by atoms with Gasteiger partial charge in [0.15, 0.2) is 5.16 Å². The quantitative estimate of drug-likeness (QED) is 0.817. The maximum atomic E-state index is 11.3. The van der Waals surface area contributed by atoms with Gasteiger partial charge in [0.1, 0.15) is 5.03 Å². The van der Waals surface area contributed by atoms with Gasteiger partial charge in [0.2, 0.25) is 0 Å². The minimum Gasteiger partial charge on any atom is -0.326 e. The summed E-state index contributed by atoms with van der Waals surface area (Å²) in [5, 5.41) is 1.37. The predicted octanol–water partition coefficient (Wildman–Crippen LogP) is 1.39. The standard InChI is InChI=1S/C12H14N4OS/c1-7-3-9(5-13)6-14-11(7)18-12-15-8(2)4-10(17)16-12/h3-4,6H,5,13H2,1-2H3,(H,15,16,17). The molecule has 3 N–H and O–H groups in total. The van der Waals surface area contributed by atoms with E-state index in [9.17, 15) is 4.79 Å². The van der Waals surface area contributed by atoms with E-state index in [2.05, 4.69) is 15.0 Å². The number of aromatic amines is 1. The Morgan fingerprint density at radius 2 is 2.17 bits per heavy atom. The second kappa shape index (κ2) is 5.32. The monoisotopic (exact) mass is 262 g/mol. The van der Waals surface area contributed by atoms with E-state index in [1.807, 2.05) is 13.0 Å². The maximum absolute atomic E-state index is 11.3. The molecule has 2 heterocycles. The average Bonchev–Trinajstić information content (AvgIpc) is 2.30. The Morgan fingerprint density at radius 3 is 2.78 bits per heavy atom. The van der Waals surface area contributed by atoms with Gasteiger partial charge in [-0.25, -0.2) is 9.97 Å². The fourth-order valence-corrected chi connectivity index (χ4v) is 2.38. The Bertz CT molecular complexity index is 624. The van der Waals surface area contributed by atoms with Gasteiger partial charge in [-0.05, 0) is 36.7 Å². The van der Waals surface area contributed by atoms with Gasteiger partial charge in [-0.3, -0.25) is 4.79 Å². The van der Waals surface area contributed by atoms with E-state index in [4.69, 9.17) is 5.73 Å². The van der Waals surface area contributed by atoms with Crippen LogP contribution >= 0.6 is 11.8 Å². The fraction of sp³-hybridized carbons (Fsp3) is 0.250. The first-order valence-corrected chi connectivity index (χ1v) is 6.31. The molecule has 0 aliphatic rings. The third-order valence-electron chi connectivity index (χ3n) is 2.36. The largest absolute Gasteiger partial charge is 0.326 e. The van der Waals surface area contributed by atoms with Crippen molar-refractivity contribution >= 4 is 11.8 Å². The summed E-state index contributed by atoms with van der Waals surface area (Å²) >= 11 is 1.34. The van der Waals surface area contributed by atoms with Gasteiger partial charge < -0.3 is 10.7 Å². The number of pyridine rings is 1. The summed E-state index contributed by atoms with van der Waals surface area (Å²) in [4.78, 5) is 22.6. The first-order chi connectivity index (χ1) is 8.58. The van der Waals surface area contributed by atoms with E-state index in [1.165, 1.54) is 17.8 Å². The Kier molecular flexibility index (Phi) is 3.78. The van der Waals surface area contributed by atoms with Crippen molar-refractivity contribution in [1.29, 1.82) is 0 Å². The molecule has 0 radical (unpaired) electrons. The number of aromatic nitrogens is 3. The molecule has 0 fully saturated rings. The highest BCUT2D eigenvalue weighted by Gasteiger charge is 2.06. The van der Waals surface area contributed by atoms with Crippen LogP contribution in [0.15, 0.2) is 33.3 Å². The number of hydrogen-bond acceptors (Lipinski definition) is 5. The van der Waals surface area contributed by atoms with Crippen LogP contribution in [-0.2, 0) is 6.54 Å². The molecule has 0 unspecified atom stereocenters. The van der Waals surface area contributed by atoms with Crippen LogP contribution in [0.5, 0.6) is 0 Å². The first kappa shape index (κ1) is 12.8. The molecule has 0 bridgehead atoms. The van der Waals surface area contributed by atoms with Crippen LogP contribution in [0.4, 0.5) is 0 Å². The molecule has 0 amide bonds. The number of hydrogen-bond donors (Lipinski definition) is 2. The van der Waals surface area contributed by atoms with Crippen LogP contribution in [0.3, 0.4) is 0 Å². The number of rotatable bonds is 3. The van der Waals surface area contributed by atoms with E-state index in [-0.39, 0.29) is 5.56 Å². The number of nitrogens with zero attached hydrogens (tertiary/aromatic N) is 2. The average molecular weight is 262 g/mol. The molecule has 0 aromatic carbocycles. The topological polar surface area (TPSA) is 84.7 Å². The highest BCUT2D eigenvalue weighted by atomic mass is 32.2. The highest BCUT2D eigenvalue weighted by Crippen LogP contribution is 2.25. The van der Waals surface area contributed by atoms with Crippen LogP contribution in [0, 0.1) is 13.8 Å². The molecule has 18 heavy (non-hydrogen) atoms. The fourth-order valence-electron chi connectivity index (χ4n) is 1.53. The molecule has 2 aromatic heterocycles. The van der Waals surface area contributed by atoms with Gasteiger partial charge in [0.05, 0.1) is 0 Å². The van der Waals surface area contributed by atoms with Crippen LogP contribution < -0.4 is 11.3 Å². The van der Waals surface area contributed by atoms with E-state index < -0.39 is 0 Å². The van der Waals surface area contributed by atoms with Crippen LogP contribution in [0.1, 0.15) is 16.8 Å². The molecule has 2 aromatic rings. The summed E-state index contributed by atoms with van der Waals surface area (Å²) in [7, 11) is 0. The van der Waals surface area contributed by atoms with Crippen molar-refractivity contribution in [3.8, 4) is 0 Å². The second-order valence-corrected chi connectivity index (χ2v) is 4.94. The van der Waals surface area contributed by atoms with Gasteiger partial charge in [0.25, 0.3) is 5.56 Å². The van der Waals surface area contributed by atoms with Crippen molar-refractivity contribution in [3.05, 3.63) is 45.5 Å². The highest BCUT2D eigenvalue weighted by molar-refractivity contribution is 7.99. The molecular weight excluding hydrogens is 248 g/mol. The van der Waals surface area contributed by atoms with Crippen molar-refractivity contribution in [2.24, 2.45) is 5.73 Å². The van der Waals surface area contributed by atoms with Crippen molar-refractivity contribution in [2.45, 2.75) is 30.6 Å². The third-order valence-corrected chi connectivity index (χ3v) is 3.37. The van der Waals surface area contributed by atoms with Gasteiger partial charge in [-0.15, -0.1) is 0 Å². The van der Waals surface area contributed by atoms with Crippen molar-refractivity contribution in [2.75, 3.05) is 0 Å². The van der Waals surface area contributed by atoms with Gasteiger partial charge in [-0.2, -0.15) is 0 Å². The summed E-state index contributed by atoms with van der Waals surface area (Å²) in [5.74, 6) is 0. The predicted molar refractivity (Wildman–Crippen MR) is 70.6 cm³/mol. The maximum Gasteiger partial charge on any atom is 0.251 e. The SMILES string of the molecule is Cc1cc(=O)[nH]c(Sc2ncc(CN)cc2C)n1. The zero-order valence-corrected chi connectivity index (χ0v) is 11.0. The lowest BCUT2D eigenvalue weighted by molar-refractivity contribution is 0.898. The van der Waals surface area contributed by atoms with Gasteiger partial charge >= 0.3 is 0 Å². The van der Waals surface area contributed by atoms with E-state index in [1.54, 1.807) is 13.1 Å². The Balaban J connectivity index is 2.31. The van der Waals surface area contributed by atoms with E-state index in [0.717, 1.165) is 16.2 Å². The Morgan fingerprint density at radius 1 is 1.39 bits per heavy atom. The molecule has 0 saturated carbocycles. The smallest absolute Gasteiger partial charge is 0.251 e. The summed E-state index contributed by atoms with van der Waals surface area (Å²) in [6, 6.07) is 3.45. The molecule has 0 aliphatic heterocycles. The Labute approximate surface area is 109 Å². The molecule has 0 saturated heterocycles. The molecule has 2 rings (SSSR count). The lowest BCUT2D eigenvalue weighted by Crippen LogP contribution is -2.08. The number of nitrogens with two attached hydrogens (primary N) is 1. The van der Waals surface area contributed by atoms with Crippen LogP contribution in [-0.4, -0.2) is 15.0 Å². The summed E-state index contributed by atoms with van der Waals surface area (Å²) in [6.07, 6.45) is 1.74. The molecule has 94 valence electrons. The van der Waals surface area contributed by atoms with Crippen molar-refractivity contribution in [3.63, 3.8) is 0 Å². The molecule has 5 nitrogen and oxygen atoms in total. The lowest BCUT2D eigenvalue weighted by Gasteiger charge is -2.05. The summed E-state index contributed by atoms with van der Waals surface area (Å²) < 4.78 is 0. The van der Waals surface area contributed by atoms with Crippen molar-refractivity contribution < 1.29 is 0 Å². The van der Waals surface area contributed by atoms with Crippen LogP contribution in [0.25, 0.3) is 0 Å². The van der Waals surface area contributed by atoms with E-state index in [0.29, 0.717) is 17.4 Å². The third kappa shape index (κ3) is 2.96. The molecule has 0 spiro atoms. The molecular formula is C12H14N4OS.